The monoisotopic (exact) mass is 433 g/mol. The molecule has 1 aromatic carbocycles. The molecule has 1 aliphatic rings. The fourth-order valence-corrected chi connectivity index (χ4v) is 4.95. The lowest BCUT2D eigenvalue weighted by molar-refractivity contribution is -0.134. The lowest BCUT2D eigenvalue weighted by Gasteiger charge is -2.21. The summed E-state index contributed by atoms with van der Waals surface area (Å²) in [4.78, 5) is 30.2. The molecule has 10 heteroatoms. The predicted molar refractivity (Wildman–Crippen MR) is 109 cm³/mol. The van der Waals surface area contributed by atoms with Crippen LogP contribution in [0.15, 0.2) is 28.4 Å². The summed E-state index contributed by atoms with van der Waals surface area (Å²) < 4.78 is 31.8. The maximum Gasteiger partial charge on any atom is 0.312 e. The third-order valence-corrected chi connectivity index (χ3v) is 6.69. The average molecular weight is 433 g/mol. The Bertz CT molecular complexity index is 1150. The van der Waals surface area contributed by atoms with Gasteiger partial charge in [-0.2, -0.15) is 5.10 Å². The zero-order chi connectivity index (χ0) is 22.1. The number of hydrogen-bond donors (Lipinski definition) is 0. The van der Waals surface area contributed by atoms with Crippen molar-refractivity contribution < 1.29 is 27.6 Å². The standard InChI is InChI=1S/C20H23N3O6S/c1-5-17(24)29-20-14(11-21-23(20)6-2)19(25)13-7-8-16-18(12(13)3)15(22-28-4)9-10-30(16,26)27/h7-8,11H,5-6,9-10H2,1-4H3/b22-15+. The van der Waals surface area contributed by atoms with Crippen molar-refractivity contribution in [1.29, 1.82) is 0 Å². The van der Waals surface area contributed by atoms with Crippen molar-refractivity contribution in [2.45, 2.75) is 45.1 Å². The number of carbonyl (C=O) groups excluding carboxylic acids is 2. The summed E-state index contributed by atoms with van der Waals surface area (Å²) in [6.07, 6.45) is 1.69. The molecule has 1 aromatic heterocycles. The molecule has 0 amide bonds. The number of aromatic nitrogens is 2. The molecule has 0 N–H and O–H groups in total. The van der Waals surface area contributed by atoms with Gasteiger partial charge in [-0.1, -0.05) is 12.1 Å². The number of aryl methyl sites for hydroxylation is 1. The van der Waals surface area contributed by atoms with Gasteiger partial charge in [0.25, 0.3) is 0 Å². The third kappa shape index (κ3) is 3.74. The van der Waals surface area contributed by atoms with Crippen molar-refractivity contribution in [3.05, 3.63) is 40.6 Å². The van der Waals surface area contributed by atoms with Crippen LogP contribution in [-0.4, -0.2) is 48.5 Å². The highest BCUT2D eigenvalue weighted by Gasteiger charge is 2.32. The van der Waals surface area contributed by atoms with Crippen molar-refractivity contribution in [1.82, 2.24) is 9.78 Å². The molecule has 0 aliphatic carbocycles. The molecule has 9 nitrogen and oxygen atoms in total. The van der Waals surface area contributed by atoms with Gasteiger partial charge >= 0.3 is 5.97 Å². The number of hydrogen-bond acceptors (Lipinski definition) is 8. The van der Waals surface area contributed by atoms with Crippen LogP contribution in [0.25, 0.3) is 0 Å². The Hall–Kier alpha value is -3.01. The van der Waals surface area contributed by atoms with Crippen molar-refractivity contribution in [3.63, 3.8) is 0 Å². The molecule has 2 aromatic rings. The molecule has 0 unspecified atom stereocenters. The van der Waals surface area contributed by atoms with Gasteiger partial charge in [0.1, 0.15) is 12.7 Å². The predicted octanol–water partition coefficient (Wildman–Crippen LogP) is 2.29. The fourth-order valence-electron chi connectivity index (χ4n) is 3.41. The first kappa shape index (κ1) is 21.7. The summed E-state index contributed by atoms with van der Waals surface area (Å²) in [6.45, 7) is 5.54. The molecule has 3 rings (SSSR count). The lowest BCUT2D eigenvalue weighted by atomic mass is 9.93. The van der Waals surface area contributed by atoms with E-state index in [-0.39, 0.29) is 40.5 Å². The summed E-state index contributed by atoms with van der Waals surface area (Å²) in [5, 5.41) is 8.10. The van der Waals surface area contributed by atoms with Gasteiger partial charge in [-0.15, -0.1) is 0 Å². The summed E-state index contributed by atoms with van der Waals surface area (Å²) in [5.74, 6) is -0.907. The summed E-state index contributed by atoms with van der Waals surface area (Å²) in [6, 6.07) is 2.88. The normalized spacial score (nSPS) is 16.2. The molecule has 0 fully saturated rings. The van der Waals surface area contributed by atoms with Crippen molar-refractivity contribution in [2.24, 2.45) is 5.16 Å². The molecule has 0 radical (unpaired) electrons. The van der Waals surface area contributed by atoms with E-state index < -0.39 is 21.6 Å². The van der Waals surface area contributed by atoms with Crippen LogP contribution < -0.4 is 4.74 Å². The summed E-state index contributed by atoms with van der Waals surface area (Å²) in [5.41, 5.74) is 1.72. The largest absolute Gasteiger partial charge is 0.407 e. The van der Waals surface area contributed by atoms with E-state index in [1.807, 2.05) is 6.92 Å². The zero-order valence-corrected chi connectivity index (χ0v) is 18.1. The van der Waals surface area contributed by atoms with E-state index in [9.17, 15) is 18.0 Å². The van der Waals surface area contributed by atoms with E-state index in [1.54, 1.807) is 13.8 Å². The van der Waals surface area contributed by atoms with Crippen molar-refractivity contribution in [2.75, 3.05) is 12.9 Å². The first-order valence-corrected chi connectivity index (χ1v) is 11.2. The Morgan fingerprint density at radius 2 is 1.97 bits per heavy atom. The Kier molecular flexibility index (Phi) is 6.06. The number of ketones is 1. The van der Waals surface area contributed by atoms with E-state index in [4.69, 9.17) is 9.57 Å². The van der Waals surface area contributed by atoms with Gasteiger partial charge in [0.15, 0.2) is 15.6 Å². The first-order valence-electron chi connectivity index (χ1n) is 9.53. The molecule has 0 atom stereocenters. The molecule has 0 saturated heterocycles. The van der Waals surface area contributed by atoms with Crippen LogP contribution in [0.5, 0.6) is 5.88 Å². The Morgan fingerprint density at radius 1 is 1.23 bits per heavy atom. The topological polar surface area (TPSA) is 117 Å². The number of fused-ring (bicyclic) bond motifs is 1. The summed E-state index contributed by atoms with van der Waals surface area (Å²) >= 11 is 0. The van der Waals surface area contributed by atoms with Crippen LogP contribution in [-0.2, 0) is 26.0 Å². The minimum atomic E-state index is -3.48. The number of oxime groups is 1. The Morgan fingerprint density at radius 3 is 2.60 bits per heavy atom. The van der Waals surface area contributed by atoms with Gasteiger partial charge in [0.05, 0.1) is 22.6 Å². The van der Waals surface area contributed by atoms with Crippen LogP contribution in [0.2, 0.25) is 0 Å². The Labute approximate surface area is 174 Å². The second-order valence-corrected chi connectivity index (χ2v) is 8.81. The number of ether oxygens (including phenoxy) is 1. The molecule has 1 aliphatic heterocycles. The molecule has 160 valence electrons. The van der Waals surface area contributed by atoms with Gasteiger partial charge in [-0.3, -0.25) is 9.59 Å². The van der Waals surface area contributed by atoms with Crippen LogP contribution in [0.4, 0.5) is 0 Å². The van der Waals surface area contributed by atoms with Gasteiger partial charge < -0.3 is 9.57 Å². The number of esters is 1. The number of nitrogens with zero attached hydrogens (tertiary/aromatic N) is 3. The van der Waals surface area contributed by atoms with Gasteiger partial charge in [-0.05, 0) is 31.5 Å². The highest BCUT2D eigenvalue weighted by Crippen LogP contribution is 2.32. The molecule has 0 spiro atoms. The average Bonchev–Trinajstić information content (AvgIpc) is 3.12. The van der Waals surface area contributed by atoms with E-state index in [1.165, 1.54) is 30.1 Å². The van der Waals surface area contributed by atoms with Crippen LogP contribution >= 0.6 is 0 Å². The lowest BCUT2D eigenvalue weighted by Crippen LogP contribution is -2.24. The molecular weight excluding hydrogens is 410 g/mol. The molecule has 0 saturated carbocycles. The molecular formula is C20H23N3O6S. The maximum absolute atomic E-state index is 13.3. The van der Waals surface area contributed by atoms with Gasteiger partial charge in [-0.25, -0.2) is 13.1 Å². The fraction of sp³-hybridized carbons (Fsp3) is 0.400. The molecule has 0 bridgehead atoms. The maximum atomic E-state index is 13.3. The molecule has 30 heavy (non-hydrogen) atoms. The van der Waals surface area contributed by atoms with Gasteiger partial charge in [0.2, 0.25) is 5.88 Å². The van der Waals surface area contributed by atoms with Crippen LogP contribution in [0.1, 0.15) is 53.7 Å². The number of sulfone groups is 1. The quantitative estimate of drug-likeness (QED) is 0.390. The second kappa shape index (κ2) is 8.39. The number of rotatable bonds is 6. The Balaban J connectivity index is 2.16. The van der Waals surface area contributed by atoms with Crippen LogP contribution in [0, 0.1) is 6.92 Å². The van der Waals surface area contributed by atoms with E-state index in [0.29, 0.717) is 23.4 Å². The highest BCUT2D eigenvalue weighted by molar-refractivity contribution is 7.91. The zero-order valence-electron chi connectivity index (χ0n) is 17.3. The minimum Gasteiger partial charge on any atom is -0.407 e. The van der Waals surface area contributed by atoms with Crippen molar-refractivity contribution >= 4 is 27.3 Å². The van der Waals surface area contributed by atoms with E-state index in [2.05, 4.69) is 10.3 Å². The smallest absolute Gasteiger partial charge is 0.312 e. The van der Waals surface area contributed by atoms with Crippen molar-refractivity contribution in [3.8, 4) is 5.88 Å². The number of carbonyl (C=O) groups is 2. The number of benzene rings is 1. The van der Waals surface area contributed by atoms with E-state index >= 15 is 0 Å². The van der Waals surface area contributed by atoms with Gasteiger partial charge in [0, 0.05) is 30.5 Å². The SMILES string of the molecule is CCC(=O)Oc1c(C(=O)c2ccc3c(c2C)/C(=N/OC)CCS3(=O)=O)cnn1CC. The third-order valence-electron chi connectivity index (χ3n) is 4.94. The first-order chi connectivity index (χ1) is 14.2. The molecule has 2 heterocycles. The minimum absolute atomic E-state index is 0.0740. The summed E-state index contributed by atoms with van der Waals surface area (Å²) in [7, 11) is -2.10. The highest BCUT2D eigenvalue weighted by atomic mass is 32.2. The second-order valence-electron chi connectivity index (χ2n) is 6.74. The van der Waals surface area contributed by atoms with E-state index in [0.717, 1.165) is 0 Å². The van der Waals surface area contributed by atoms with Crippen LogP contribution in [0.3, 0.4) is 0 Å².